The highest BCUT2D eigenvalue weighted by molar-refractivity contribution is 5.21. The molecule has 0 amide bonds. The topological polar surface area (TPSA) is 38.0 Å². The first-order chi connectivity index (χ1) is 4.34. The van der Waals surface area contributed by atoms with Gasteiger partial charge in [0.2, 0.25) is 0 Å². The van der Waals surface area contributed by atoms with Crippen molar-refractivity contribution in [3.05, 3.63) is 23.9 Å². The van der Waals surface area contributed by atoms with Crippen LogP contribution in [0.4, 0.5) is 0 Å². The Labute approximate surface area is 55.4 Å². The Morgan fingerprint density at radius 2 is 2.56 bits per heavy atom. The lowest BCUT2D eigenvalue weighted by molar-refractivity contribution is 0.666. The molecule has 0 bridgehead atoms. The summed E-state index contributed by atoms with van der Waals surface area (Å²) in [5, 5.41) is 3.14. The molecule has 0 radical (unpaired) electrons. The van der Waals surface area contributed by atoms with Crippen LogP contribution in [0.25, 0.3) is 0 Å². The first kappa shape index (κ1) is 6.36. The van der Waals surface area contributed by atoms with Crippen LogP contribution >= 0.6 is 0 Å². The lowest BCUT2D eigenvalue weighted by atomic mass is 10.1. The molecule has 1 rings (SSSR count). The molecule has 0 saturated carbocycles. The Bertz CT molecular complexity index is 147. The molecule has 2 nitrogen and oxygen atoms in total. The van der Waals surface area contributed by atoms with Crippen molar-refractivity contribution in [1.29, 1.82) is 0 Å². The molecular formula is C7H12N2. The molecule has 0 spiro atoms. The zero-order valence-electron chi connectivity index (χ0n) is 5.59. The summed E-state index contributed by atoms with van der Waals surface area (Å²) < 4.78 is 0. The summed E-state index contributed by atoms with van der Waals surface area (Å²) in [6, 6.07) is 0.356. The Morgan fingerprint density at radius 3 is 3.00 bits per heavy atom. The molecule has 0 aromatic carbocycles. The predicted octanol–water partition coefficient (Wildman–Crippen LogP) is 0.377. The van der Waals surface area contributed by atoms with Crippen molar-refractivity contribution in [3.8, 4) is 0 Å². The van der Waals surface area contributed by atoms with Crippen molar-refractivity contribution in [2.75, 3.05) is 6.54 Å². The van der Waals surface area contributed by atoms with Crippen molar-refractivity contribution in [2.24, 2.45) is 5.73 Å². The summed E-state index contributed by atoms with van der Waals surface area (Å²) in [5.74, 6) is 0. The van der Waals surface area contributed by atoms with E-state index < -0.39 is 0 Å². The van der Waals surface area contributed by atoms with E-state index in [4.69, 9.17) is 5.73 Å². The maximum Gasteiger partial charge on any atom is 0.0591 e. The summed E-state index contributed by atoms with van der Waals surface area (Å²) in [5.41, 5.74) is 6.76. The number of nitrogens with one attached hydrogen (secondary N) is 1. The SMILES string of the molecule is CC1=CC=CNC1CN. The second-order valence-electron chi connectivity index (χ2n) is 2.22. The van der Waals surface area contributed by atoms with Gasteiger partial charge in [-0.1, -0.05) is 6.08 Å². The average molecular weight is 124 g/mol. The van der Waals surface area contributed by atoms with E-state index in [0.717, 1.165) is 0 Å². The Balaban J connectivity index is 2.59. The minimum atomic E-state index is 0.356. The van der Waals surface area contributed by atoms with Crippen molar-refractivity contribution in [3.63, 3.8) is 0 Å². The Morgan fingerprint density at radius 1 is 1.78 bits per heavy atom. The normalized spacial score (nSPS) is 25.1. The van der Waals surface area contributed by atoms with E-state index in [-0.39, 0.29) is 0 Å². The summed E-state index contributed by atoms with van der Waals surface area (Å²) in [4.78, 5) is 0. The molecule has 3 N–H and O–H groups in total. The van der Waals surface area contributed by atoms with E-state index in [1.165, 1.54) is 5.57 Å². The largest absolute Gasteiger partial charge is 0.383 e. The highest BCUT2D eigenvalue weighted by Crippen LogP contribution is 2.03. The van der Waals surface area contributed by atoms with E-state index >= 15 is 0 Å². The van der Waals surface area contributed by atoms with Gasteiger partial charge in [-0.3, -0.25) is 0 Å². The van der Waals surface area contributed by atoms with Crippen molar-refractivity contribution < 1.29 is 0 Å². The summed E-state index contributed by atoms with van der Waals surface area (Å²) in [6.07, 6.45) is 5.99. The Hall–Kier alpha value is -0.760. The van der Waals surface area contributed by atoms with Crippen LogP contribution in [0, 0.1) is 0 Å². The fourth-order valence-corrected chi connectivity index (χ4v) is 0.873. The average Bonchev–Trinajstić information content (AvgIpc) is 1.89. The van der Waals surface area contributed by atoms with Gasteiger partial charge in [0.1, 0.15) is 0 Å². The van der Waals surface area contributed by atoms with E-state index in [9.17, 15) is 0 Å². The predicted molar refractivity (Wildman–Crippen MR) is 38.9 cm³/mol. The molecule has 1 atom stereocenters. The van der Waals surface area contributed by atoms with Gasteiger partial charge in [0, 0.05) is 6.54 Å². The van der Waals surface area contributed by atoms with Crippen LogP contribution < -0.4 is 11.1 Å². The molecule has 0 aromatic rings. The van der Waals surface area contributed by atoms with Gasteiger partial charge < -0.3 is 11.1 Å². The molecular weight excluding hydrogens is 112 g/mol. The molecule has 2 heteroatoms. The van der Waals surface area contributed by atoms with Crippen LogP contribution in [-0.2, 0) is 0 Å². The second kappa shape index (κ2) is 2.69. The van der Waals surface area contributed by atoms with Crippen molar-refractivity contribution in [1.82, 2.24) is 5.32 Å². The zero-order valence-corrected chi connectivity index (χ0v) is 5.59. The number of dihydropyridines is 1. The number of hydrogen-bond acceptors (Lipinski definition) is 2. The molecule has 0 aromatic heterocycles. The first-order valence-corrected chi connectivity index (χ1v) is 3.14. The van der Waals surface area contributed by atoms with Crippen LogP contribution in [0.15, 0.2) is 23.9 Å². The van der Waals surface area contributed by atoms with Gasteiger partial charge in [-0.05, 0) is 24.8 Å². The molecule has 9 heavy (non-hydrogen) atoms. The van der Waals surface area contributed by atoms with Gasteiger partial charge in [0.05, 0.1) is 6.04 Å². The molecule has 0 fully saturated rings. The van der Waals surface area contributed by atoms with E-state index in [2.05, 4.69) is 18.3 Å². The molecule has 1 aliphatic rings. The Kier molecular flexibility index (Phi) is 1.90. The van der Waals surface area contributed by atoms with Crippen molar-refractivity contribution in [2.45, 2.75) is 13.0 Å². The number of rotatable bonds is 1. The van der Waals surface area contributed by atoms with Gasteiger partial charge in [-0.2, -0.15) is 0 Å². The summed E-state index contributed by atoms with van der Waals surface area (Å²) in [6.45, 7) is 2.75. The third-order valence-electron chi connectivity index (χ3n) is 1.54. The maximum atomic E-state index is 5.46. The standard InChI is InChI=1S/C7H12N2/c1-6-3-2-4-9-7(6)5-8/h2-4,7,9H,5,8H2,1H3. The number of hydrogen-bond donors (Lipinski definition) is 2. The maximum absolute atomic E-state index is 5.46. The fourth-order valence-electron chi connectivity index (χ4n) is 0.873. The second-order valence-corrected chi connectivity index (χ2v) is 2.22. The summed E-state index contributed by atoms with van der Waals surface area (Å²) >= 11 is 0. The van der Waals surface area contributed by atoms with E-state index in [0.29, 0.717) is 12.6 Å². The number of allylic oxidation sites excluding steroid dienone is 2. The van der Waals surface area contributed by atoms with Gasteiger partial charge in [-0.15, -0.1) is 0 Å². The van der Waals surface area contributed by atoms with Gasteiger partial charge in [-0.25, -0.2) is 0 Å². The monoisotopic (exact) mass is 124 g/mol. The molecule has 50 valence electrons. The minimum Gasteiger partial charge on any atom is -0.383 e. The molecule has 0 aliphatic carbocycles. The third kappa shape index (κ3) is 1.33. The van der Waals surface area contributed by atoms with Crippen LogP contribution in [0.5, 0.6) is 0 Å². The van der Waals surface area contributed by atoms with Crippen LogP contribution in [0.2, 0.25) is 0 Å². The molecule has 1 heterocycles. The summed E-state index contributed by atoms with van der Waals surface area (Å²) in [7, 11) is 0. The molecule has 1 aliphatic heterocycles. The minimum absolute atomic E-state index is 0.356. The lowest BCUT2D eigenvalue weighted by Crippen LogP contribution is -2.34. The molecule has 0 saturated heterocycles. The van der Waals surface area contributed by atoms with E-state index in [1.807, 2.05) is 12.3 Å². The van der Waals surface area contributed by atoms with Crippen LogP contribution in [-0.4, -0.2) is 12.6 Å². The third-order valence-corrected chi connectivity index (χ3v) is 1.54. The highest BCUT2D eigenvalue weighted by Gasteiger charge is 2.06. The van der Waals surface area contributed by atoms with Crippen LogP contribution in [0.1, 0.15) is 6.92 Å². The first-order valence-electron chi connectivity index (χ1n) is 3.14. The zero-order chi connectivity index (χ0) is 6.69. The number of nitrogens with two attached hydrogens (primary N) is 1. The van der Waals surface area contributed by atoms with Gasteiger partial charge >= 0.3 is 0 Å². The highest BCUT2D eigenvalue weighted by atomic mass is 14.9. The van der Waals surface area contributed by atoms with E-state index in [1.54, 1.807) is 0 Å². The van der Waals surface area contributed by atoms with Gasteiger partial charge in [0.15, 0.2) is 0 Å². The van der Waals surface area contributed by atoms with Crippen molar-refractivity contribution >= 4 is 0 Å². The quantitative estimate of drug-likeness (QED) is 0.530. The van der Waals surface area contributed by atoms with Gasteiger partial charge in [0.25, 0.3) is 0 Å². The lowest BCUT2D eigenvalue weighted by Gasteiger charge is -2.18. The fraction of sp³-hybridized carbons (Fsp3) is 0.429. The molecule has 1 unspecified atom stereocenters. The smallest absolute Gasteiger partial charge is 0.0591 e. The van der Waals surface area contributed by atoms with Crippen LogP contribution in [0.3, 0.4) is 0 Å².